The lowest BCUT2D eigenvalue weighted by molar-refractivity contribution is -0.121. The molecule has 0 aliphatic carbocycles. The van der Waals surface area contributed by atoms with E-state index in [0.717, 1.165) is 11.1 Å². The van der Waals surface area contributed by atoms with Gasteiger partial charge in [-0.2, -0.15) is 4.98 Å². The van der Waals surface area contributed by atoms with Crippen LogP contribution in [-0.4, -0.2) is 16.0 Å². The van der Waals surface area contributed by atoms with E-state index in [0.29, 0.717) is 29.6 Å². The summed E-state index contributed by atoms with van der Waals surface area (Å²) in [5.74, 6) is 0.777. The number of fused-ring (bicyclic) bond motifs is 1. The number of hydrogen-bond donors (Lipinski definition) is 1. The second-order valence-corrected chi connectivity index (χ2v) is 6.87. The van der Waals surface area contributed by atoms with Crippen LogP contribution >= 0.6 is 11.6 Å². The molecule has 28 heavy (non-hydrogen) atoms. The minimum atomic E-state index is -0.0563. The van der Waals surface area contributed by atoms with Crippen LogP contribution in [0.5, 0.6) is 0 Å². The molecule has 1 heterocycles. The molecule has 0 radical (unpaired) electrons. The first kappa shape index (κ1) is 18.2. The number of aromatic nitrogens is 2. The van der Waals surface area contributed by atoms with E-state index in [-0.39, 0.29) is 12.5 Å². The van der Waals surface area contributed by atoms with Crippen molar-refractivity contribution >= 4 is 28.3 Å². The zero-order valence-electron chi connectivity index (χ0n) is 15.1. The molecule has 1 N–H and O–H groups in total. The highest BCUT2D eigenvalue weighted by Crippen LogP contribution is 2.20. The fraction of sp³-hybridized carbons (Fsp3) is 0.136. The molecule has 1 amide bonds. The number of carbonyl (C=O) groups excluding carboxylic acids is 1. The fourth-order valence-corrected chi connectivity index (χ4v) is 3.19. The Morgan fingerprint density at radius 2 is 1.79 bits per heavy atom. The molecule has 0 saturated carbocycles. The summed E-state index contributed by atoms with van der Waals surface area (Å²) >= 11 is 5.88. The summed E-state index contributed by atoms with van der Waals surface area (Å²) < 4.78 is 5.21. The minimum Gasteiger partial charge on any atom is -0.347 e. The van der Waals surface area contributed by atoms with Crippen molar-refractivity contribution in [1.29, 1.82) is 0 Å². The van der Waals surface area contributed by atoms with Gasteiger partial charge in [0.25, 0.3) is 0 Å². The van der Waals surface area contributed by atoms with Crippen LogP contribution in [0, 0.1) is 0 Å². The standard InChI is InChI=1S/C22H18ClN3O2/c23-18-11-8-17(9-12-18)22-25-21(28-26-22)14-24-20(27)13-10-16-6-3-5-15-4-1-2-7-19(15)16/h1-9,11-12H,10,13-14H2,(H,24,27). The average Bonchev–Trinajstić information content (AvgIpc) is 3.20. The van der Waals surface area contributed by atoms with Crippen LogP contribution in [0.3, 0.4) is 0 Å². The summed E-state index contributed by atoms with van der Waals surface area (Å²) in [6.45, 7) is 0.203. The Hall–Kier alpha value is -3.18. The highest BCUT2D eigenvalue weighted by Gasteiger charge is 2.10. The molecule has 4 aromatic rings. The molecule has 0 saturated heterocycles. The van der Waals surface area contributed by atoms with Gasteiger partial charge in [-0.05, 0) is 47.0 Å². The molecular formula is C22H18ClN3O2. The average molecular weight is 392 g/mol. The number of nitrogens with zero attached hydrogens (tertiary/aromatic N) is 2. The Kier molecular flexibility index (Phi) is 5.35. The predicted molar refractivity (Wildman–Crippen MR) is 109 cm³/mol. The molecule has 4 rings (SSSR count). The maximum Gasteiger partial charge on any atom is 0.246 e. The monoisotopic (exact) mass is 391 g/mol. The molecule has 0 unspecified atom stereocenters. The number of nitrogens with one attached hydrogen (secondary N) is 1. The second kappa shape index (κ2) is 8.23. The molecule has 5 nitrogen and oxygen atoms in total. The molecule has 0 spiro atoms. The molecule has 0 bridgehead atoms. The first-order chi connectivity index (χ1) is 13.7. The highest BCUT2D eigenvalue weighted by molar-refractivity contribution is 6.30. The molecule has 6 heteroatoms. The largest absolute Gasteiger partial charge is 0.347 e. The van der Waals surface area contributed by atoms with Gasteiger partial charge in [-0.15, -0.1) is 0 Å². The first-order valence-corrected chi connectivity index (χ1v) is 9.39. The number of rotatable bonds is 6. The summed E-state index contributed by atoms with van der Waals surface area (Å²) in [6.07, 6.45) is 1.07. The van der Waals surface area contributed by atoms with Gasteiger partial charge in [0.15, 0.2) is 0 Å². The van der Waals surface area contributed by atoms with E-state index in [1.54, 1.807) is 12.1 Å². The van der Waals surface area contributed by atoms with Gasteiger partial charge in [0.05, 0.1) is 6.54 Å². The molecule has 3 aromatic carbocycles. The van der Waals surface area contributed by atoms with Crippen molar-refractivity contribution in [3.05, 3.63) is 83.2 Å². The maximum absolute atomic E-state index is 12.2. The quantitative estimate of drug-likeness (QED) is 0.513. The van der Waals surface area contributed by atoms with E-state index in [1.807, 2.05) is 30.3 Å². The van der Waals surface area contributed by atoms with Crippen molar-refractivity contribution < 1.29 is 9.32 Å². The molecule has 1 aromatic heterocycles. The van der Waals surface area contributed by atoms with Gasteiger partial charge in [0.1, 0.15) is 0 Å². The topological polar surface area (TPSA) is 68.0 Å². The van der Waals surface area contributed by atoms with E-state index >= 15 is 0 Å². The zero-order chi connectivity index (χ0) is 19.3. The van der Waals surface area contributed by atoms with Crippen molar-refractivity contribution in [2.24, 2.45) is 0 Å². The maximum atomic E-state index is 12.2. The lowest BCUT2D eigenvalue weighted by atomic mass is 10.0. The van der Waals surface area contributed by atoms with E-state index in [9.17, 15) is 4.79 Å². The van der Waals surface area contributed by atoms with Gasteiger partial charge in [0.2, 0.25) is 17.6 Å². The number of halogens is 1. The summed E-state index contributed by atoms with van der Waals surface area (Å²) in [5, 5.41) is 9.78. The minimum absolute atomic E-state index is 0.0563. The highest BCUT2D eigenvalue weighted by atomic mass is 35.5. The van der Waals surface area contributed by atoms with Gasteiger partial charge in [-0.1, -0.05) is 59.2 Å². The Balaban J connectivity index is 1.33. The lowest BCUT2D eigenvalue weighted by Gasteiger charge is -2.06. The van der Waals surface area contributed by atoms with Crippen LogP contribution in [0.25, 0.3) is 22.2 Å². The number of amides is 1. The number of carbonyl (C=O) groups is 1. The second-order valence-electron chi connectivity index (χ2n) is 6.43. The van der Waals surface area contributed by atoms with Gasteiger partial charge in [-0.3, -0.25) is 4.79 Å². The summed E-state index contributed by atoms with van der Waals surface area (Å²) in [5.41, 5.74) is 1.97. The Morgan fingerprint density at radius 1 is 1.00 bits per heavy atom. The van der Waals surface area contributed by atoms with Gasteiger partial charge < -0.3 is 9.84 Å². The van der Waals surface area contributed by atoms with E-state index in [1.165, 1.54) is 10.8 Å². The Morgan fingerprint density at radius 3 is 2.64 bits per heavy atom. The van der Waals surface area contributed by atoms with Crippen LogP contribution in [0.2, 0.25) is 5.02 Å². The summed E-state index contributed by atoms with van der Waals surface area (Å²) in [6, 6.07) is 21.5. The smallest absolute Gasteiger partial charge is 0.246 e. The van der Waals surface area contributed by atoms with Crippen molar-refractivity contribution in [3.8, 4) is 11.4 Å². The third-order valence-electron chi connectivity index (χ3n) is 4.51. The molecule has 140 valence electrons. The zero-order valence-corrected chi connectivity index (χ0v) is 15.8. The van der Waals surface area contributed by atoms with E-state index in [2.05, 4.69) is 39.7 Å². The number of aryl methyl sites for hydroxylation is 1. The van der Waals surface area contributed by atoms with Crippen LogP contribution < -0.4 is 5.32 Å². The SMILES string of the molecule is O=C(CCc1cccc2ccccc12)NCc1nc(-c2ccc(Cl)cc2)no1. The predicted octanol–water partition coefficient (Wildman–Crippen LogP) is 4.79. The first-order valence-electron chi connectivity index (χ1n) is 9.01. The molecular weight excluding hydrogens is 374 g/mol. The van der Waals surface area contributed by atoms with Crippen molar-refractivity contribution in [2.75, 3.05) is 0 Å². The summed E-state index contributed by atoms with van der Waals surface area (Å²) in [4.78, 5) is 16.5. The lowest BCUT2D eigenvalue weighted by Crippen LogP contribution is -2.23. The van der Waals surface area contributed by atoms with Crippen LogP contribution in [0.15, 0.2) is 71.3 Å². The third kappa shape index (κ3) is 4.21. The van der Waals surface area contributed by atoms with Crippen LogP contribution in [-0.2, 0) is 17.8 Å². The van der Waals surface area contributed by atoms with Crippen molar-refractivity contribution in [2.45, 2.75) is 19.4 Å². The van der Waals surface area contributed by atoms with Gasteiger partial charge >= 0.3 is 0 Å². The van der Waals surface area contributed by atoms with Gasteiger partial charge in [0, 0.05) is 17.0 Å². The molecule has 0 fully saturated rings. The number of hydrogen-bond acceptors (Lipinski definition) is 4. The van der Waals surface area contributed by atoms with E-state index in [4.69, 9.17) is 16.1 Å². The molecule has 0 aliphatic heterocycles. The van der Waals surface area contributed by atoms with Crippen molar-refractivity contribution in [3.63, 3.8) is 0 Å². The molecule has 0 atom stereocenters. The normalized spacial score (nSPS) is 10.9. The Bertz CT molecular complexity index is 1100. The van der Waals surface area contributed by atoms with Crippen LogP contribution in [0.4, 0.5) is 0 Å². The fourth-order valence-electron chi connectivity index (χ4n) is 3.06. The summed E-state index contributed by atoms with van der Waals surface area (Å²) in [7, 11) is 0. The Labute approximate surface area is 167 Å². The van der Waals surface area contributed by atoms with E-state index < -0.39 is 0 Å². The van der Waals surface area contributed by atoms with Gasteiger partial charge in [-0.25, -0.2) is 0 Å². The van der Waals surface area contributed by atoms with Crippen LogP contribution in [0.1, 0.15) is 17.9 Å². The number of benzene rings is 3. The third-order valence-corrected chi connectivity index (χ3v) is 4.76. The van der Waals surface area contributed by atoms with Crippen molar-refractivity contribution in [1.82, 2.24) is 15.5 Å². The molecule has 0 aliphatic rings.